The topological polar surface area (TPSA) is 26.3 Å². The van der Waals surface area contributed by atoms with Crippen LogP contribution in [0.15, 0.2) is 12.2 Å². The van der Waals surface area contributed by atoms with Crippen molar-refractivity contribution in [2.45, 2.75) is 110 Å². The number of carbonyl (C=O) groups is 1. The van der Waals surface area contributed by atoms with E-state index < -0.39 is 0 Å². The monoisotopic (exact) mass is 322 g/mol. The molecule has 0 saturated heterocycles. The Morgan fingerprint density at radius 2 is 1.57 bits per heavy atom. The molecular formula is C21H38O2. The average Bonchev–Trinajstić information content (AvgIpc) is 2.59. The second kappa shape index (κ2) is 10.9. The highest BCUT2D eigenvalue weighted by atomic mass is 16.6. The molecule has 0 radical (unpaired) electrons. The minimum Gasteiger partial charge on any atom is -0.456 e. The van der Waals surface area contributed by atoms with E-state index in [-0.39, 0.29) is 11.6 Å². The molecule has 0 atom stereocenters. The molecule has 0 aromatic carbocycles. The SMILES string of the molecule is C=C(C)C(=O)OC1(CCCCCC(C)C)CCCCCCCC1. The van der Waals surface area contributed by atoms with Crippen molar-refractivity contribution in [3.63, 3.8) is 0 Å². The average molecular weight is 323 g/mol. The zero-order chi connectivity index (χ0) is 17.1. The molecule has 1 aliphatic carbocycles. The number of hydrogen-bond donors (Lipinski definition) is 0. The Labute approximate surface area is 144 Å². The summed E-state index contributed by atoms with van der Waals surface area (Å²) in [7, 11) is 0. The fourth-order valence-corrected chi connectivity index (χ4v) is 3.59. The molecular weight excluding hydrogens is 284 g/mol. The van der Waals surface area contributed by atoms with Crippen molar-refractivity contribution < 1.29 is 9.53 Å². The smallest absolute Gasteiger partial charge is 0.333 e. The van der Waals surface area contributed by atoms with Gasteiger partial charge in [0.25, 0.3) is 0 Å². The molecule has 1 fully saturated rings. The summed E-state index contributed by atoms with van der Waals surface area (Å²) in [6.45, 7) is 10.1. The first kappa shape index (κ1) is 20.3. The molecule has 0 amide bonds. The maximum absolute atomic E-state index is 12.2. The lowest BCUT2D eigenvalue weighted by atomic mass is 9.85. The van der Waals surface area contributed by atoms with E-state index in [1.807, 2.05) is 0 Å². The molecule has 0 aromatic heterocycles. The fourth-order valence-electron chi connectivity index (χ4n) is 3.59. The largest absolute Gasteiger partial charge is 0.456 e. The van der Waals surface area contributed by atoms with E-state index in [2.05, 4.69) is 20.4 Å². The molecule has 0 heterocycles. The molecule has 2 nitrogen and oxygen atoms in total. The lowest BCUT2D eigenvalue weighted by molar-refractivity contribution is -0.157. The van der Waals surface area contributed by atoms with Crippen LogP contribution in [0.4, 0.5) is 0 Å². The van der Waals surface area contributed by atoms with Crippen molar-refractivity contribution in [3.05, 3.63) is 12.2 Å². The highest BCUT2D eigenvalue weighted by Crippen LogP contribution is 2.34. The Kier molecular flexibility index (Phi) is 9.59. The number of rotatable bonds is 8. The highest BCUT2D eigenvalue weighted by Gasteiger charge is 2.33. The zero-order valence-electron chi connectivity index (χ0n) is 15.8. The van der Waals surface area contributed by atoms with Gasteiger partial charge in [0.1, 0.15) is 5.60 Å². The number of ether oxygens (including phenoxy) is 1. The lowest BCUT2D eigenvalue weighted by Gasteiger charge is -2.34. The van der Waals surface area contributed by atoms with Gasteiger partial charge in [-0.1, -0.05) is 65.4 Å². The van der Waals surface area contributed by atoms with Crippen LogP contribution in [0.1, 0.15) is 104 Å². The van der Waals surface area contributed by atoms with E-state index in [0.717, 1.165) is 25.2 Å². The summed E-state index contributed by atoms with van der Waals surface area (Å²) in [5.74, 6) is 0.599. The Morgan fingerprint density at radius 1 is 1.00 bits per heavy atom. The summed E-state index contributed by atoms with van der Waals surface area (Å²) in [4.78, 5) is 12.2. The van der Waals surface area contributed by atoms with Gasteiger partial charge >= 0.3 is 5.97 Å². The van der Waals surface area contributed by atoms with E-state index in [4.69, 9.17) is 4.74 Å². The van der Waals surface area contributed by atoms with Crippen LogP contribution in [0, 0.1) is 5.92 Å². The lowest BCUT2D eigenvalue weighted by Crippen LogP contribution is -2.35. The first-order valence-electron chi connectivity index (χ1n) is 9.84. The molecule has 0 bridgehead atoms. The van der Waals surface area contributed by atoms with Crippen LogP contribution >= 0.6 is 0 Å². The van der Waals surface area contributed by atoms with Gasteiger partial charge in [0.15, 0.2) is 0 Å². The summed E-state index contributed by atoms with van der Waals surface area (Å²) in [6, 6.07) is 0. The van der Waals surface area contributed by atoms with Gasteiger partial charge < -0.3 is 4.74 Å². The zero-order valence-corrected chi connectivity index (χ0v) is 15.8. The van der Waals surface area contributed by atoms with Crippen molar-refractivity contribution in [2.24, 2.45) is 5.92 Å². The van der Waals surface area contributed by atoms with Crippen molar-refractivity contribution in [1.29, 1.82) is 0 Å². The molecule has 1 saturated carbocycles. The Bertz CT molecular complexity index is 347. The molecule has 23 heavy (non-hydrogen) atoms. The van der Waals surface area contributed by atoms with Crippen molar-refractivity contribution in [2.75, 3.05) is 0 Å². The van der Waals surface area contributed by atoms with Gasteiger partial charge in [-0.25, -0.2) is 4.79 Å². The summed E-state index contributed by atoms with van der Waals surface area (Å²) in [6.07, 6.45) is 15.7. The minimum atomic E-state index is -0.224. The van der Waals surface area contributed by atoms with Crippen LogP contribution in [-0.4, -0.2) is 11.6 Å². The Balaban J connectivity index is 2.61. The van der Waals surface area contributed by atoms with E-state index in [1.165, 1.54) is 64.2 Å². The molecule has 134 valence electrons. The summed E-state index contributed by atoms with van der Waals surface area (Å²) >= 11 is 0. The second-order valence-corrected chi connectivity index (χ2v) is 7.97. The van der Waals surface area contributed by atoms with Crippen LogP contribution in [0.5, 0.6) is 0 Å². The number of esters is 1. The second-order valence-electron chi connectivity index (χ2n) is 7.97. The van der Waals surface area contributed by atoms with Gasteiger partial charge in [0.2, 0.25) is 0 Å². The number of unbranched alkanes of at least 4 members (excludes halogenated alkanes) is 2. The molecule has 2 heteroatoms. The van der Waals surface area contributed by atoms with Crippen LogP contribution < -0.4 is 0 Å². The molecule has 0 unspecified atom stereocenters. The van der Waals surface area contributed by atoms with Crippen molar-refractivity contribution in [3.8, 4) is 0 Å². The minimum absolute atomic E-state index is 0.188. The maximum Gasteiger partial charge on any atom is 0.333 e. The highest BCUT2D eigenvalue weighted by molar-refractivity contribution is 5.87. The Hall–Kier alpha value is -0.790. The van der Waals surface area contributed by atoms with E-state index in [0.29, 0.717) is 5.57 Å². The molecule has 1 rings (SSSR count). The van der Waals surface area contributed by atoms with Crippen molar-refractivity contribution >= 4 is 5.97 Å². The van der Waals surface area contributed by atoms with E-state index in [9.17, 15) is 4.79 Å². The number of carbonyl (C=O) groups excluding carboxylic acids is 1. The third-order valence-corrected chi connectivity index (χ3v) is 5.09. The predicted octanol–water partition coefficient (Wildman–Crippen LogP) is 6.59. The van der Waals surface area contributed by atoms with Crippen LogP contribution in [-0.2, 0) is 9.53 Å². The summed E-state index contributed by atoms with van der Waals surface area (Å²) in [5, 5.41) is 0. The third kappa shape index (κ3) is 8.58. The summed E-state index contributed by atoms with van der Waals surface area (Å²) < 4.78 is 6.02. The van der Waals surface area contributed by atoms with Gasteiger partial charge in [-0.2, -0.15) is 0 Å². The van der Waals surface area contributed by atoms with Crippen LogP contribution in [0.2, 0.25) is 0 Å². The van der Waals surface area contributed by atoms with Gasteiger partial charge in [0, 0.05) is 5.57 Å². The third-order valence-electron chi connectivity index (χ3n) is 5.09. The first-order chi connectivity index (χ1) is 11.0. The van der Waals surface area contributed by atoms with Crippen LogP contribution in [0.25, 0.3) is 0 Å². The first-order valence-corrected chi connectivity index (χ1v) is 9.84. The van der Waals surface area contributed by atoms with E-state index in [1.54, 1.807) is 6.92 Å². The molecule has 0 N–H and O–H groups in total. The number of hydrogen-bond acceptors (Lipinski definition) is 2. The maximum atomic E-state index is 12.2. The van der Waals surface area contributed by atoms with Gasteiger partial charge in [0.05, 0.1) is 0 Å². The van der Waals surface area contributed by atoms with Gasteiger partial charge in [-0.3, -0.25) is 0 Å². The summed E-state index contributed by atoms with van der Waals surface area (Å²) in [5.41, 5.74) is 0.308. The van der Waals surface area contributed by atoms with Crippen LogP contribution in [0.3, 0.4) is 0 Å². The van der Waals surface area contributed by atoms with E-state index >= 15 is 0 Å². The molecule has 0 aromatic rings. The van der Waals surface area contributed by atoms with Crippen molar-refractivity contribution in [1.82, 2.24) is 0 Å². The van der Waals surface area contributed by atoms with Gasteiger partial charge in [-0.05, 0) is 51.4 Å². The predicted molar refractivity (Wildman–Crippen MR) is 98.5 cm³/mol. The fraction of sp³-hybridized carbons (Fsp3) is 0.857. The normalized spacial score (nSPS) is 18.8. The molecule has 1 aliphatic rings. The van der Waals surface area contributed by atoms with Gasteiger partial charge in [-0.15, -0.1) is 0 Å². The molecule has 0 aliphatic heterocycles. The quantitative estimate of drug-likeness (QED) is 0.286. The molecule has 0 spiro atoms. The Morgan fingerprint density at radius 3 is 2.09 bits per heavy atom. The standard InChI is InChI=1S/C21H38O2/c1-18(2)14-10-9-13-17-21(23-20(22)19(3)4)15-11-7-5-6-8-12-16-21/h18H,3,5-17H2,1-2,4H3.